The maximum atomic E-state index is 13.2. The molecule has 4 aromatic rings. The van der Waals surface area contributed by atoms with E-state index in [0.717, 1.165) is 17.7 Å². The lowest BCUT2D eigenvalue weighted by atomic mass is 9.94. The van der Waals surface area contributed by atoms with Gasteiger partial charge in [-0.25, -0.2) is 5.10 Å². The minimum Gasteiger partial charge on any atom is -0.325 e. The monoisotopic (exact) mass is 483 g/mol. The van der Waals surface area contributed by atoms with E-state index >= 15 is 0 Å². The minimum atomic E-state index is -4.42. The van der Waals surface area contributed by atoms with Gasteiger partial charge in [-0.1, -0.05) is 41.9 Å². The van der Waals surface area contributed by atoms with Crippen molar-refractivity contribution in [3.05, 3.63) is 82.9 Å². The Balaban J connectivity index is 1.47. The van der Waals surface area contributed by atoms with Crippen molar-refractivity contribution in [2.75, 3.05) is 5.32 Å². The number of carbonyl (C=O) groups excluding carboxylic acids is 1. The summed E-state index contributed by atoms with van der Waals surface area (Å²) in [5.74, 6) is 0.167. The van der Waals surface area contributed by atoms with E-state index in [2.05, 4.69) is 25.9 Å². The highest BCUT2D eigenvalue weighted by atomic mass is 35.5. The zero-order chi connectivity index (χ0) is 23.9. The average Bonchev–Trinajstić information content (AvgIpc) is 3.45. The van der Waals surface area contributed by atoms with Crippen LogP contribution in [-0.4, -0.2) is 26.5 Å². The van der Waals surface area contributed by atoms with Gasteiger partial charge in [0.15, 0.2) is 5.82 Å². The van der Waals surface area contributed by atoms with Crippen molar-refractivity contribution >= 4 is 23.2 Å². The summed E-state index contributed by atoms with van der Waals surface area (Å²) in [7, 11) is 0. The van der Waals surface area contributed by atoms with Gasteiger partial charge in [0.1, 0.15) is 0 Å². The van der Waals surface area contributed by atoms with E-state index in [1.807, 2.05) is 12.1 Å². The Kier molecular flexibility index (Phi) is 5.36. The van der Waals surface area contributed by atoms with Crippen LogP contribution in [0.15, 0.2) is 66.7 Å². The maximum Gasteiger partial charge on any atom is 0.416 e. The SMILES string of the molecule is O=C(Nc1ccc(-c2ccc(C(F)(F)F)cc2)c(-c2nnn[nH]2)c1)C1(c2cccc(Cl)c2)CC1. The molecule has 34 heavy (non-hydrogen) atoms. The molecular formula is C24H17ClF3N5O. The van der Waals surface area contributed by atoms with E-state index < -0.39 is 17.2 Å². The van der Waals surface area contributed by atoms with Crippen LogP contribution in [0.25, 0.3) is 22.5 Å². The second-order valence-corrected chi connectivity index (χ2v) is 8.57. The van der Waals surface area contributed by atoms with Crippen LogP contribution in [0.3, 0.4) is 0 Å². The summed E-state index contributed by atoms with van der Waals surface area (Å²) in [6.07, 6.45) is -3.00. The average molecular weight is 484 g/mol. The largest absolute Gasteiger partial charge is 0.416 e. The molecule has 5 rings (SSSR count). The number of rotatable bonds is 5. The Morgan fingerprint density at radius 1 is 1.00 bits per heavy atom. The first-order valence-electron chi connectivity index (χ1n) is 10.4. The van der Waals surface area contributed by atoms with Crippen molar-refractivity contribution in [2.45, 2.75) is 24.4 Å². The second kappa shape index (κ2) is 8.25. The number of nitrogens with one attached hydrogen (secondary N) is 2. The van der Waals surface area contributed by atoms with E-state index in [9.17, 15) is 18.0 Å². The number of tetrazole rings is 1. The Morgan fingerprint density at radius 2 is 1.76 bits per heavy atom. The zero-order valence-corrected chi connectivity index (χ0v) is 18.3. The summed E-state index contributed by atoms with van der Waals surface area (Å²) in [5.41, 5.74) is 1.70. The van der Waals surface area contributed by atoms with Crippen LogP contribution in [0.5, 0.6) is 0 Å². The highest BCUT2D eigenvalue weighted by Gasteiger charge is 2.51. The number of amides is 1. The van der Waals surface area contributed by atoms with Gasteiger partial charge in [0.05, 0.1) is 11.0 Å². The van der Waals surface area contributed by atoms with Gasteiger partial charge in [-0.3, -0.25) is 4.79 Å². The highest BCUT2D eigenvalue weighted by Crippen LogP contribution is 2.49. The number of aromatic nitrogens is 4. The molecule has 1 aromatic heterocycles. The molecule has 172 valence electrons. The molecule has 1 saturated carbocycles. The molecule has 0 aliphatic heterocycles. The number of alkyl halides is 3. The van der Waals surface area contributed by atoms with E-state index in [0.29, 0.717) is 46.1 Å². The molecule has 0 unspecified atom stereocenters. The molecule has 1 fully saturated rings. The Hall–Kier alpha value is -3.72. The smallest absolute Gasteiger partial charge is 0.325 e. The minimum absolute atomic E-state index is 0.154. The summed E-state index contributed by atoms with van der Waals surface area (Å²) < 4.78 is 38.9. The predicted molar refractivity (Wildman–Crippen MR) is 121 cm³/mol. The first-order chi connectivity index (χ1) is 16.3. The molecule has 1 aliphatic rings. The first kappa shape index (κ1) is 22.1. The lowest BCUT2D eigenvalue weighted by Gasteiger charge is -2.17. The number of benzene rings is 3. The lowest BCUT2D eigenvalue weighted by molar-refractivity contribution is -0.137. The summed E-state index contributed by atoms with van der Waals surface area (Å²) in [6.45, 7) is 0. The fraction of sp³-hybridized carbons (Fsp3) is 0.167. The zero-order valence-electron chi connectivity index (χ0n) is 17.5. The van der Waals surface area contributed by atoms with E-state index in [-0.39, 0.29) is 5.91 Å². The molecule has 6 nitrogen and oxygen atoms in total. The van der Waals surface area contributed by atoms with Gasteiger partial charge < -0.3 is 5.32 Å². The standard InChI is InChI=1S/C24H17ClF3N5O/c25-17-3-1-2-16(12-17)23(10-11-23)22(34)29-18-8-9-19(20(13-18)21-30-32-33-31-21)14-4-6-15(7-5-14)24(26,27)28/h1-9,12-13H,10-11H2,(H,29,34)(H,30,31,32,33). The van der Waals surface area contributed by atoms with Crippen molar-refractivity contribution < 1.29 is 18.0 Å². The normalized spacial score (nSPS) is 14.6. The Morgan fingerprint density at radius 3 is 2.38 bits per heavy atom. The van der Waals surface area contributed by atoms with Crippen molar-refractivity contribution in [3.63, 3.8) is 0 Å². The van der Waals surface area contributed by atoms with Gasteiger partial charge >= 0.3 is 6.18 Å². The third-order valence-corrected chi connectivity index (χ3v) is 6.20. The summed E-state index contributed by atoms with van der Waals surface area (Å²) in [5, 5.41) is 17.3. The van der Waals surface area contributed by atoms with Crippen LogP contribution < -0.4 is 5.32 Å². The number of nitrogens with zero attached hydrogens (tertiary/aromatic N) is 3. The molecule has 10 heteroatoms. The molecule has 0 atom stereocenters. The van der Waals surface area contributed by atoms with Crippen LogP contribution in [-0.2, 0) is 16.4 Å². The molecular weight excluding hydrogens is 467 g/mol. The van der Waals surface area contributed by atoms with Crippen LogP contribution in [0.4, 0.5) is 18.9 Å². The number of hydrogen-bond acceptors (Lipinski definition) is 4. The summed E-state index contributed by atoms with van der Waals surface area (Å²) >= 11 is 6.12. The molecule has 0 bridgehead atoms. The number of carbonyl (C=O) groups is 1. The first-order valence-corrected chi connectivity index (χ1v) is 10.8. The summed E-state index contributed by atoms with van der Waals surface area (Å²) in [4.78, 5) is 13.2. The van der Waals surface area contributed by atoms with Crippen molar-refractivity contribution in [3.8, 4) is 22.5 Å². The van der Waals surface area contributed by atoms with E-state index in [4.69, 9.17) is 11.6 Å². The molecule has 0 spiro atoms. The highest BCUT2D eigenvalue weighted by molar-refractivity contribution is 6.30. The maximum absolute atomic E-state index is 13.2. The van der Waals surface area contributed by atoms with Crippen LogP contribution in [0, 0.1) is 0 Å². The van der Waals surface area contributed by atoms with E-state index in [1.54, 1.807) is 30.3 Å². The molecule has 2 N–H and O–H groups in total. The molecule has 1 aliphatic carbocycles. The van der Waals surface area contributed by atoms with E-state index in [1.165, 1.54) is 12.1 Å². The topological polar surface area (TPSA) is 83.6 Å². The Bertz CT molecular complexity index is 1350. The fourth-order valence-corrected chi connectivity index (χ4v) is 4.18. The second-order valence-electron chi connectivity index (χ2n) is 8.13. The molecule has 0 saturated heterocycles. The number of halogens is 4. The number of H-pyrrole nitrogens is 1. The number of anilines is 1. The van der Waals surface area contributed by atoms with Crippen LogP contribution in [0.1, 0.15) is 24.0 Å². The van der Waals surface area contributed by atoms with Gasteiger partial charge in [0.25, 0.3) is 0 Å². The van der Waals surface area contributed by atoms with Crippen molar-refractivity contribution in [2.24, 2.45) is 0 Å². The molecule has 3 aromatic carbocycles. The van der Waals surface area contributed by atoms with Crippen LogP contribution in [0.2, 0.25) is 5.02 Å². The van der Waals surface area contributed by atoms with Gasteiger partial charge in [0.2, 0.25) is 5.91 Å². The lowest BCUT2D eigenvalue weighted by Crippen LogP contribution is -2.27. The number of hydrogen-bond donors (Lipinski definition) is 2. The summed E-state index contributed by atoms with van der Waals surface area (Å²) in [6, 6.07) is 17.2. The quantitative estimate of drug-likeness (QED) is 0.371. The molecule has 1 amide bonds. The van der Waals surface area contributed by atoms with Crippen molar-refractivity contribution in [1.82, 2.24) is 20.6 Å². The van der Waals surface area contributed by atoms with Crippen LogP contribution >= 0.6 is 11.6 Å². The van der Waals surface area contributed by atoms with Gasteiger partial charge in [-0.05, 0) is 76.4 Å². The number of aromatic amines is 1. The van der Waals surface area contributed by atoms with Gasteiger partial charge in [-0.15, -0.1) is 5.10 Å². The molecule has 1 heterocycles. The fourth-order valence-electron chi connectivity index (χ4n) is 3.99. The third kappa shape index (κ3) is 4.14. The predicted octanol–water partition coefficient (Wildman–Crippen LogP) is 5.88. The van der Waals surface area contributed by atoms with Crippen molar-refractivity contribution in [1.29, 1.82) is 0 Å². The van der Waals surface area contributed by atoms with Gasteiger partial charge in [0, 0.05) is 16.3 Å². The Labute approximate surface area is 197 Å². The van der Waals surface area contributed by atoms with Gasteiger partial charge in [-0.2, -0.15) is 13.2 Å². The third-order valence-electron chi connectivity index (χ3n) is 5.96. The molecule has 0 radical (unpaired) electrons.